The van der Waals surface area contributed by atoms with Crippen LogP contribution in [0.5, 0.6) is 0 Å². The van der Waals surface area contributed by atoms with Gasteiger partial charge in [0.2, 0.25) is 0 Å². The molecule has 0 aliphatic carbocycles. The molecule has 1 aromatic heterocycles. The molecule has 5 heteroatoms. The Hall–Kier alpha value is -0.680. The molecule has 1 aliphatic heterocycles. The Kier molecular flexibility index (Phi) is 5.60. The lowest BCUT2D eigenvalue weighted by Gasteiger charge is -2.42. The minimum Gasteiger partial charge on any atom is -0.390 e. The number of aromatic nitrogens is 2. The molecule has 1 fully saturated rings. The number of aliphatic hydroxyl groups is 1. The van der Waals surface area contributed by atoms with Crippen molar-refractivity contribution < 1.29 is 5.11 Å². The molecular formula is C16H26BrN3O. The predicted octanol–water partition coefficient (Wildman–Crippen LogP) is 3.84. The number of aryl methyl sites for hydroxylation is 1. The lowest BCUT2D eigenvalue weighted by atomic mass is 9.73. The summed E-state index contributed by atoms with van der Waals surface area (Å²) < 4.78 is 0.723. The smallest absolute Gasteiger partial charge is 0.153 e. The molecule has 1 aromatic rings. The highest BCUT2D eigenvalue weighted by molar-refractivity contribution is 9.10. The van der Waals surface area contributed by atoms with Crippen LogP contribution in [-0.4, -0.2) is 28.2 Å². The van der Waals surface area contributed by atoms with Crippen LogP contribution in [0.1, 0.15) is 57.3 Å². The molecule has 0 amide bonds. The van der Waals surface area contributed by atoms with E-state index < -0.39 is 0 Å². The molecule has 1 N–H and O–H groups in total. The fourth-order valence-electron chi connectivity index (χ4n) is 3.38. The van der Waals surface area contributed by atoms with Gasteiger partial charge in [-0.1, -0.05) is 26.7 Å². The van der Waals surface area contributed by atoms with E-state index in [4.69, 9.17) is 0 Å². The fraction of sp³-hybridized carbons (Fsp3) is 0.750. The molecule has 0 atom stereocenters. The van der Waals surface area contributed by atoms with E-state index in [9.17, 15) is 5.11 Å². The van der Waals surface area contributed by atoms with E-state index >= 15 is 0 Å². The molecule has 1 aliphatic rings. The SMILES string of the molecule is CCCC1(CC)CCN(c2nc(C)c(Br)nc2CO)CC1. The van der Waals surface area contributed by atoms with Gasteiger partial charge in [0.1, 0.15) is 10.3 Å². The molecule has 118 valence electrons. The van der Waals surface area contributed by atoms with Crippen LogP contribution in [0, 0.1) is 12.3 Å². The van der Waals surface area contributed by atoms with Gasteiger partial charge in [-0.05, 0) is 47.5 Å². The van der Waals surface area contributed by atoms with Gasteiger partial charge in [-0.15, -0.1) is 0 Å². The molecule has 0 bridgehead atoms. The van der Waals surface area contributed by atoms with Gasteiger partial charge in [0, 0.05) is 13.1 Å². The first kappa shape index (κ1) is 16.7. The van der Waals surface area contributed by atoms with Gasteiger partial charge in [0.15, 0.2) is 5.82 Å². The molecule has 2 heterocycles. The molecule has 0 radical (unpaired) electrons. The first-order valence-corrected chi connectivity index (χ1v) is 8.73. The van der Waals surface area contributed by atoms with Gasteiger partial charge >= 0.3 is 0 Å². The third-order valence-electron chi connectivity index (χ3n) is 4.87. The van der Waals surface area contributed by atoms with Gasteiger partial charge in [-0.25, -0.2) is 9.97 Å². The maximum absolute atomic E-state index is 9.55. The Bertz CT molecular complexity index is 485. The van der Waals surface area contributed by atoms with Gasteiger partial charge in [-0.2, -0.15) is 0 Å². The van der Waals surface area contributed by atoms with Crippen molar-refractivity contribution >= 4 is 21.7 Å². The average Bonchev–Trinajstić information content (AvgIpc) is 2.50. The Morgan fingerprint density at radius 2 is 1.90 bits per heavy atom. The van der Waals surface area contributed by atoms with Crippen molar-refractivity contribution in [3.05, 3.63) is 16.0 Å². The van der Waals surface area contributed by atoms with Gasteiger partial charge in [0.05, 0.1) is 12.3 Å². The molecular weight excluding hydrogens is 330 g/mol. The van der Waals surface area contributed by atoms with Gasteiger partial charge < -0.3 is 10.0 Å². The Morgan fingerprint density at radius 3 is 2.43 bits per heavy atom. The Balaban J connectivity index is 2.17. The zero-order chi connectivity index (χ0) is 15.5. The molecule has 2 rings (SSSR count). The van der Waals surface area contributed by atoms with Crippen LogP contribution < -0.4 is 4.90 Å². The third kappa shape index (κ3) is 3.57. The highest BCUT2D eigenvalue weighted by atomic mass is 79.9. The van der Waals surface area contributed by atoms with E-state index in [0.717, 1.165) is 29.2 Å². The second-order valence-corrected chi connectivity index (χ2v) is 6.87. The van der Waals surface area contributed by atoms with E-state index in [1.54, 1.807) is 0 Å². The van der Waals surface area contributed by atoms with Crippen LogP contribution in [0.2, 0.25) is 0 Å². The van der Waals surface area contributed by atoms with Crippen molar-refractivity contribution in [2.75, 3.05) is 18.0 Å². The van der Waals surface area contributed by atoms with Crippen LogP contribution >= 0.6 is 15.9 Å². The maximum atomic E-state index is 9.55. The Morgan fingerprint density at radius 1 is 1.24 bits per heavy atom. The van der Waals surface area contributed by atoms with Crippen LogP contribution in [-0.2, 0) is 6.61 Å². The topological polar surface area (TPSA) is 49.2 Å². The molecule has 0 spiro atoms. The second kappa shape index (κ2) is 7.05. The van der Waals surface area contributed by atoms with E-state index in [1.165, 1.54) is 32.1 Å². The minimum absolute atomic E-state index is 0.0639. The number of hydrogen-bond donors (Lipinski definition) is 1. The molecule has 0 aromatic carbocycles. The van der Waals surface area contributed by atoms with Gasteiger partial charge in [0.25, 0.3) is 0 Å². The van der Waals surface area contributed by atoms with E-state index in [2.05, 4.69) is 44.6 Å². The van der Waals surface area contributed by atoms with Crippen LogP contribution in [0.4, 0.5) is 5.82 Å². The number of hydrogen-bond acceptors (Lipinski definition) is 4. The van der Waals surface area contributed by atoms with E-state index in [0.29, 0.717) is 11.1 Å². The number of anilines is 1. The van der Waals surface area contributed by atoms with Crippen molar-refractivity contribution in [2.24, 2.45) is 5.41 Å². The standard InChI is InChI=1S/C16H26BrN3O/c1-4-6-16(5-2)7-9-20(10-8-16)15-13(11-21)19-14(17)12(3)18-15/h21H,4-11H2,1-3H3. The molecule has 1 saturated heterocycles. The molecule has 0 saturated carbocycles. The average molecular weight is 356 g/mol. The number of aliphatic hydroxyl groups excluding tert-OH is 1. The van der Waals surface area contributed by atoms with E-state index in [1.807, 2.05) is 6.92 Å². The highest BCUT2D eigenvalue weighted by Crippen LogP contribution is 2.40. The zero-order valence-corrected chi connectivity index (χ0v) is 14.9. The normalized spacial score (nSPS) is 18.0. The number of rotatable bonds is 5. The van der Waals surface area contributed by atoms with E-state index in [-0.39, 0.29) is 6.61 Å². The summed E-state index contributed by atoms with van der Waals surface area (Å²) in [5.74, 6) is 0.861. The van der Waals surface area contributed by atoms with Crippen molar-refractivity contribution in [2.45, 2.75) is 59.5 Å². The monoisotopic (exact) mass is 355 g/mol. The van der Waals surface area contributed by atoms with Crippen LogP contribution in [0.25, 0.3) is 0 Å². The summed E-state index contributed by atoms with van der Waals surface area (Å²) in [6, 6.07) is 0. The number of piperidine rings is 1. The maximum Gasteiger partial charge on any atom is 0.153 e. The minimum atomic E-state index is -0.0639. The second-order valence-electron chi connectivity index (χ2n) is 6.12. The van der Waals surface area contributed by atoms with Crippen molar-refractivity contribution in [3.8, 4) is 0 Å². The summed E-state index contributed by atoms with van der Waals surface area (Å²) in [5, 5.41) is 9.55. The largest absolute Gasteiger partial charge is 0.390 e. The summed E-state index contributed by atoms with van der Waals surface area (Å²) in [5.41, 5.74) is 2.05. The molecule has 21 heavy (non-hydrogen) atoms. The highest BCUT2D eigenvalue weighted by Gasteiger charge is 2.33. The first-order valence-electron chi connectivity index (χ1n) is 7.94. The van der Waals surface area contributed by atoms with Crippen molar-refractivity contribution in [1.82, 2.24) is 9.97 Å². The third-order valence-corrected chi connectivity index (χ3v) is 5.62. The lowest BCUT2D eigenvalue weighted by molar-refractivity contribution is 0.187. The lowest BCUT2D eigenvalue weighted by Crippen LogP contribution is -2.41. The summed E-state index contributed by atoms with van der Waals surface area (Å²) in [6.07, 6.45) is 6.24. The summed E-state index contributed by atoms with van der Waals surface area (Å²) in [6.45, 7) is 8.49. The molecule has 4 nitrogen and oxygen atoms in total. The van der Waals surface area contributed by atoms with Crippen LogP contribution in [0.3, 0.4) is 0 Å². The first-order chi connectivity index (χ1) is 10.0. The number of nitrogens with zero attached hydrogens (tertiary/aromatic N) is 3. The Labute approximate surface area is 136 Å². The van der Waals surface area contributed by atoms with Crippen molar-refractivity contribution in [1.29, 1.82) is 0 Å². The molecule has 0 unspecified atom stereocenters. The quantitative estimate of drug-likeness (QED) is 0.871. The van der Waals surface area contributed by atoms with Gasteiger partial charge in [-0.3, -0.25) is 0 Å². The predicted molar refractivity (Wildman–Crippen MR) is 89.5 cm³/mol. The summed E-state index contributed by atoms with van der Waals surface area (Å²) in [7, 11) is 0. The summed E-state index contributed by atoms with van der Waals surface area (Å²) >= 11 is 3.39. The zero-order valence-electron chi connectivity index (χ0n) is 13.3. The number of halogens is 1. The van der Waals surface area contributed by atoms with Crippen molar-refractivity contribution in [3.63, 3.8) is 0 Å². The van der Waals surface area contributed by atoms with Crippen LogP contribution in [0.15, 0.2) is 4.60 Å². The summed E-state index contributed by atoms with van der Waals surface area (Å²) in [4.78, 5) is 11.4. The fourth-order valence-corrected chi connectivity index (χ4v) is 3.68.